The summed E-state index contributed by atoms with van der Waals surface area (Å²) in [6.07, 6.45) is 3.42. The van der Waals surface area contributed by atoms with Crippen molar-refractivity contribution in [1.82, 2.24) is 14.0 Å². The summed E-state index contributed by atoms with van der Waals surface area (Å²) in [6, 6.07) is 14.4. The van der Waals surface area contributed by atoms with Gasteiger partial charge in [0, 0.05) is 35.8 Å². The molecule has 1 amide bonds. The Morgan fingerprint density at radius 3 is 2.55 bits per heavy atom. The molecule has 11 heteroatoms. The highest BCUT2D eigenvalue weighted by molar-refractivity contribution is 7.07. The van der Waals surface area contributed by atoms with E-state index in [1.807, 2.05) is 58.1 Å². The number of carbonyl (C=O) groups is 2. The Balaban J connectivity index is 1.46. The quantitative estimate of drug-likeness (QED) is 0.297. The number of hydrogen-bond acceptors (Lipinski definition) is 8. The third kappa shape index (κ3) is 5.60. The van der Waals surface area contributed by atoms with Gasteiger partial charge in [0.05, 0.1) is 48.3 Å². The lowest BCUT2D eigenvalue weighted by Gasteiger charge is -2.27. The maximum Gasteiger partial charge on any atom is 0.338 e. The fraction of sp³-hybridized carbons (Fsp3) is 0.333. The number of carbonyl (C=O) groups excluding carboxylic acids is 2. The number of methoxy groups -OCH3 is 1. The van der Waals surface area contributed by atoms with E-state index in [1.165, 1.54) is 11.3 Å². The molecular weight excluding hydrogens is 580 g/mol. The summed E-state index contributed by atoms with van der Waals surface area (Å²) in [5, 5.41) is 0.928. The van der Waals surface area contributed by atoms with Gasteiger partial charge in [0.25, 0.3) is 5.56 Å². The third-order valence-electron chi connectivity index (χ3n) is 7.79. The Labute approximate surface area is 258 Å². The SMILES string of the molecule is COc1ccc([C@H]2C(C(=O)OC(C)C)=C(C)N=c3s/c(=C/c4cn(CC(=O)N5CCOCC5)c5ccccc45)c(=O)n32)cc1. The highest BCUT2D eigenvalue weighted by Gasteiger charge is 2.34. The van der Waals surface area contributed by atoms with Crippen LogP contribution in [0.1, 0.15) is 37.9 Å². The number of rotatable bonds is 7. The van der Waals surface area contributed by atoms with Crippen molar-refractivity contribution in [2.45, 2.75) is 39.5 Å². The van der Waals surface area contributed by atoms with E-state index < -0.39 is 12.0 Å². The highest BCUT2D eigenvalue weighted by Crippen LogP contribution is 2.32. The smallest absolute Gasteiger partial charge is 0.338 e. The minimum absolute atomic E-state index is 0.0238. The van der Waals surface area contributed by atoms with Gasteiger partial charge in [-0.15, -0.1) is 0 Å². The molecule has 1 fully saturated rings. The molecule has 6 rings (SSSR count). The normalized spacial score (nSPS) is 17.2. The molecule has 0 unspecified atom stereocenters. The zero-order chi connectivity index (χ0) is 31.0. The van der Waals surface area contributed by atoms with Crippen LogP contribution in [0.15, 0.2) is 75.8 Å². The van der Waals surface area contributed by atoms with Crippen LogP contribution in [-0.4, -0.2) is 65.4 Å². The van der Waals surface area contributed by atoms with E-state index in [9.17, 15) is 14.4 Å². The Morgan fingerprint density at radius 2 is 1.84 bits per heavy atom. The van der Waals surface area contributed by atoms with Gasteiger partial charge in [0.1, 0.15) is 12.3 Å². The van der Waals surface area contributed by atoms with Crippen molar-refractivity contribution in [3.05, 3.63) is 96.8 Å². The molecule has 10 nitrogen and oxygen atoms in total. The molecule has 1 atom stereocenters. The summed E-state index contributed by atoms with van der Waals surface area (Å²) in [5.74, 6) is 0.178. The van der Waals surface area contributed by atoms with Crippen LogP contribution < -0.4 is 19.6 Å². The van der Waals surface area contributed by atoms with Gasteiger partial charge in [-0.05, 0) is 50.6 Å². The van der Waals surface area contributed by atoms with Crippen molar-refractivity contribution >= 4 is 40.2 Å². The standard InChI is InChI=1S/C33H34N4O6S/c1-20(2)43-32(40)29-21(3)34-33-37(30(29)22-9-11-24(41-4)12-10-22)31(39)27(44-33)17-23-18-36(26-8-6-5-7-25(23)26)19-28(38)35-13-15-42-16-14-35/h5-12,17-18,20,30H,13-16,19H2,1-4H3/b27-17+/t30-/m0/s1. The van der Waals surface area contributed by atoms with Crippen molar-refractivity contribution in [3.8, 4) is 5.75 Å². The fourth-order valence-corrected chi connectivity index (χ4v) is 6.72. The van der Waals surface area contributed by atoms with E-state index in [0.717, 1.165) is 22.0 Å². The molecule has 228 valence electrons. The number of fused-ring (bicyclic) bond motifs is 2. The van der Waals surface area contributed by atoms with Crippen molar-refractivity contribution in [1.29, 1.82) is 0 Å². The maximum absolute atomic E-state index is 14.2. The molecule has 0 spiro atoms. The first-order valence-electron chi connectivity index (χ1n) is 14.6. The zero-order valence-electron chi connectivity index (χ0n) is 25.1. The number of amides is 1. The monoisotopic (exact) mass is 614 g/mol. The first kappa shape index (κ1) is 29.6. The molecule has 2 aromatic carbocycles. The summed E-state index contributed by atoms with van der Waals surface area (Å²) >= 11 is 1.27. The van der Waals surface area contributed by atoms with Gasteiger partial charge in [-0.2, -0.15) is 0 Å². The van der Waals surface area contributed by atoms with Crippen LogP contribution in [-0.2, 0) is 25.6 Å². The Kier molecular flexibility index (Phi) is 8.24. The van der Waals surface area contributed by atoms with E-state index in [4.69, 9.17) is 19.2 Å². The summed E-state index contributed by atoms with van der Waals surface area (Å²) in [4.78, 5) is 47.6. The average molecular weight is 615 g/mol. The second-order valence-electron chi connectivity index (χ2n) is 11.0. The van der Waals surface area contributed by atoms with E-state index >= 15 is 0 Å². The number of esters is 1. The molecule has 4 heterocycles. The van der Waals surface area contributed by atoms with E-state index in [-0.39, 0.29) is 24.1 Å². The lowest BCUT2D eigenvalue weighted by molar-refractivity contribution is -0.143. The molecular formula is C33H34N4O6S. The topological polar surface area (TPSA) is 104 Å². The minimum Gasteiger partial charge on any atom is -0.497 e. The number of ether oxygens (including phenoxy) is 3. The van der Waals surface area contributed by atoms with Crippen molar-refractivity contribution in [2.24, 2.45) is 4.99 Å². The zero-order valence-corrected chi connectivity index (χ0v) is 25.9. The van der Waals surface area contributed by atoms with Crippen LogP contribution in [0, 0.1) is 0 Å². The Hall–Kier alpha value is -4.48. The summed E-state index contributed by atoms with van der Waals surface area (Å²) in [5.41, 5.74) is 3.01. The average Bonchev–Trinajstić information content (AvgIpc) is 3.52. The molecule has 0 radical (unpaired) electrons. The van der Waals surface area contributed by atoms with Gasteiger partial charge in [-0.3, -0.25) is 14.2 Å². The molecule has 2 aromatic heterocycles. The molecule has 2 aliphatic heterocycles. The van der Waals surface area contributed by atoms with E-state index in [2.05, 4.69) is 0 Å². The predicted molar refractivity (Wildman–Crippen MR) is 167 cm³/mol. The minimum atomic E-state index is -0.724. The third-order valence-corrected chi connectivity index (χ3v) is 8.77. The number of aromatic nitrogens is 2. The van der Waals surface area contributed by atoms with Crippen LogP contribution in [0.25, 0.3) is 17.0 Å². The van der Waals surface area contributed by atoms with Crippen molar-refractivity contribution in [3.63, 3.8) is 0 Å². The van der Waals surface area contributed by atoms with Gasteiger partial charge in [-0.1, -0.05) is 41.7 Å². The summed E-state index contributed by atoms with van der Waals surface area (Å²) in [6.45, 7) is 7.76. The lowest BCUT2D eigenvalue weighted by atomic mass is 9.96. The molecule has 4 aromatic rings. The van der Waals surface area contributed by atoms with Crippen molar-refractivity contribution in [2.75, 3.05) is 33.4 Å². The highest BCUT2D eigenvalue weighted by atomic mass is 32.1. The van der Waals surface area contributed by atoms with E-state index in [0.29, 0.717) is 52.7 Å². The fourth-order valence-electron chi connectivity index (χ4n) is 5.68. The van der Waals surface area contributed by atoms with Crippen LogP contribution in [0.3, 0.4) is 0 Å². The molecule has 1 saturated heterocycles. The van der Waals surface area contributed by atoms with E-state index in [1.54, 1.807) is 44.6 Å². The Morgan fingerprint density at radius 1 is 1.11 bits per heavy atom. The Bertz CT molecular complexity index is 1940. The van der Waals surface area contributed by atoms with Crippen LogP contribution in [0.4, 0.5) is 0 Å². The molecule has 0 saturated carbocycles. The first-order valence-corrected chi connectivity index (χ1v) is 15.4. The number of allylic oxidation sites excluding steroid dienone is 1. The summed E-state index contributed by atoms with van der Waals surface area (Å²) < 4.78 is 20.3. The molecule has 44 heavy (non-hydrogen) atoms. The number of morpholine rings is 1. The largest absolute Gasteiger partial charge is 0.497 e. The summed E-state index contributed by atoms with van der Waals surface area (Å²) in [7, 11) is 1.59. The van der Waals surface area contributed by atoms with Crippen LogP contribution in [0.5, 0.6) is 5.75 Å². The number of thiazole rings is 1. The van der Waals surface area contributed by atoms with Gasteiger partial charge in [0.15, 0.2) is 4.80 Å². The van der Waals surface area contributed by atoms with Crippen molar-refractivity contribution < 1.29 is 23.8 Å². The second kappa shape index (κ2) is 12.3. The molecule has 2 aliphatic rings. The molecule has 0 bridgehead atoms. The van der Waals surface area contributed by atoms with Gasteiger partial charge < -0.3 is 23.7 Å². The van der Waals surface area contributed by atoms with Crippen LogP contribution in [0.2, 0.25) is 0 Å². The van der Waals surface area contributed by atoms with Crippen LogP contribution >= 0.6 is 11.3 Å². The van der Waals surface area contributed by atoms with Gasteiger partial charge >= 0.3 is 5.97 Å². The number of nitrogens with zero attached hydrogens (tertiary/aromatic N) is 4. The number of para-hydroxylation sites is 1. The maximum atomic E-state index is 14.2. The number of hydrogen-bond donors (Lipinski definition) is 0. The lowest BCUT2D eigenvalue weighted by Crippen LogP contribution is -2.42. The molecule has 0 N–H and O–H groups in total. The van der Waals surface area contributed by atoms with Gasteiger partial charge in [-0.25, -0.2) is 9.79 Å². The second-order valence-corrected chi connectivity index (χ2v) is 12.0. The van der Waals surface area contributed by atoms with Gasteiger partial charge in [0.2, 0.25) is 5.91 Å². The predicted octanol–water partition coefficient (Wildman–Crippen LogP) is 3.01. The number of benzene rings is 2. The molecule has 0 aliphatic carbocycles. The first-order chi connectivity index (χ1) is 21.2.